The molecule has 0 bridgehead atoms. The van der Waals surface area contributed by atoms with Crippen LogP contribution in [-0.2, 0) is 6.54 Å². The molecule has 1 amide bonds. The van der Waals surface area contributed by atoms with Gasteiger partial charge in [-0.25, -0.2) is 0 Å². The summed E-state index contributed by atoms with van der Waals surface area (Å²) in [6.45, 7) is 3.35. The Morgan fingerprint density at radius 1 is 1.22 bits per heavy atom. The first kappa shape index (κ1) is 15.2. The Balaban J connectivity index is 1.57. The van der Waals surface area contributed by atoms with Crippen molar-refractivity contribution < 1.29 is 9.90 Å². The number of amides is 1. The fourth-order valence-corrected chi connectivity index (χ4v) is 2.62. The van der Waals surface area contributed by atoms with Crippen molar-refractivity contribution in [2.24, 2.45) is 0 Å². The van der Waals surface area contributed by atoms with Crippen molar-refractivity contribution in [3.05, 3.63) is 58.3 Å². The normalized spacial score (nSPS) is 15.6. The summed E-state index contributed by atoms with van der Waals surface area (Å²) in [5, 5.41) is 9.25. The summed E-state index contributed by atoms with van der Waals surface area (Å²) in [5.41, 5.74) is 1.02. The highest BCUT2D eigenvalue weighted by Crippen LogP contribution is 2.10. The number of aromatic nitrogens is 2. The van der Waals surface area contributed by atoms with Gasteiger partial charge in [0, 0.05) is 68.6 Å². The van der Waals surface area contributed by atoms with E-state index >= 15 is 0 Å². The van der Waals surface area contributed by atoms with E-state index in [1.165, 1.54) is 12.3 Å². The van der Waals surface area contributed by atoms with Crippen molar-refractivity contribution >= 4 is 5.91 Å². The van der Waals surface area contributed by atoms with E-state index in [1.54, 1.807) is 24.5 Å². The van der Waals surface area contributed by atoms with E-state index < -0.39 is 0 Å². The van der Waals surface area contributed by atoms with Crippen LogP contribution in [0.25, 0.3) is 0 Å². The predicted molar refractivity (Wildman–Crippen MR) is 84.1 cm³/mol. The molecule has 1 aliphatic heterocycles. The van der Waals surface area contributed by atoms with Crippen molar-refractivity contribution in [1.29, 1.82) is 0 Å². The zero-order chi connectivity index (χ0) is 16.2. The first-order valence-corrected chi connectivity index (χ1v) is 7.46. The molecule has 7 heteroatoms. The van der Waals surface area contributed by atoms with Gasteiger partial charge in [0.1, 0.15) is 0 Å². The average Bonchev–Trinajstić information content (AvgIpc) is 2.59. The Morgan fingerprint density at radius 3 is 2.57 bits per heavy atom. The zero-order valence-electron chi connectivity index (χ0n) is 12.6. The molecule has 23 heavy (non-hydrogen) atoms. The van der Waals surface area contributed by atoms with E-state index in [0.717, 1.165) is 18.8 Å². The number of hydrogen-bond acceptors (Lipinski definition) is 5. The Morgan fingerprint density at radius 2 is 1.91 bits per heavy atom. The third kappa shape index (κ3) is 3.57. The highest BCUT2D eigenvalue weighted by Gasteiger charge is 2.22. The number of aromatic hydroxyl groups is 1. The van der Waals surface area contributed by atoms with Gasteiger partial charge in [0.25, 0.3) is 5.91 Å². The molecule has 0 radical (unpaired) electrons. The predicted octanol–water partition coefficient (Wildman–Crippen LogP) is 0.434. The molecule has 1 saturated heterocycles. The summed E-state index contributed by atoms with van der Waals surface area (Å²) < 4.78 is 0. The average molecular weight is 314 g/mol. The number of nitrogens with one attached hydrogen (secondary N) is 1. The minimum atomic E-state index is -0.384. The van der Waals surface area contributed by atoms with Gasteiger partial charge in [0.05, 0.1) is 0 Å². The van der Waals surface area contributed by atoms with Crippen LogP contribution < -0.4 is 5.43 Å². The summed E-state index contributed by atoms with van der Waals surface area (Å²) in [6, 6.07) is 4.84. The van der Waals surface area contributed by atoms with Crippen LogP contribution in [0.1, 0.15) is 16.1 Å². The van der Waals surface area contributed by atoms with Gasteiger partial charge in [-0.1, -0.05) is 0 Å². The number of rotatable bonds is 3. The molecule has 2 aromatic rings. The van der Waals surface area contributed by atoms with Gasteiger partial charge in [0.2, 0.25) is 5.43 Å². The Labute approximate surface area is 133 Å². The van der Waals surface area contributed by atoms with Crippen molar-refractivity contribution in [2.45, 2.75) is 6.54 Å². The highest BCUT2D eigenvalue weighted by atomic mass is 16.3. The van der Waals surface area contributed by atoms with Gasteiger partial charge in [-0.2, -0.15) is 0 Å². The molecule has 3 rings (SSSR count). The second kappa shape index (κ2) is 6.62. The first-order valence-electron chi connectivity index (χ1n) is 7.46. The van der Waals surface area contributed by atoms with Crippen LogP contribution in [0.5, 0.6) is 5.75 Å². The van der Waals surface area contributed by atoms with Gasteiger partial charge in [-0.05, 0) is 12.1 Å². The number of carbonyl (C=O) groups excluding carboxylic acids is 1. The van der Waals surface area contributed by atoms with E-state index in [1.807, 2.05) is 4.90 Å². The molecule has 0 spiro atoms. The quantitative estimate of drug-likeness (QED) is 0.858. The van der Waals surface area contributed by atoms with Crippen molar-refractivity contribution in [1.82, 2.24) is 19.8 Å². The topological polar surface area (TPSA) is 89.5 Å². The molecule has 0 atom stereocenters. The molecular weight excluding hydrogens is 296 g/mol. The van der Waals surface area contributed by atoms with Crippen LogP contribution in [0.3, 0.4) is 0 Å². The number of piperazine rings is 1. The minimum absolute atomic E-state index is 0.0186. The molecule has 2 N–H and O–H groups in total. The summed E-state index contributed by atoms with van der Waals surface area (Å²) >= 11 is 0. The molecule has 0 unspecified atom stereocenters. The second-order valence-electron chi connectivity index (χ2n) is 5.51. The third-order valence-corrected chi connectivity index (χ3v) is 3.93. The summed E-state index contributed by atoms with van der Waals surface area (Å²) in [5.74, 6) is -0.258. The van der Waals surface area contributed by atoms with Gasteiger partial charge < -0.3 is 15.0 Å². The Hall–Kier alpha value is -2.67. The number of H-pyrrole nitrogens is 1. The van der Waals surface area contributed by atoms with E-state index in [0.29, 0.717) is 25.2 Å². The maximum absolute atomic E-state index is 12.4. The van der Waals surface area contributed by atoms with Gasteiger partial charge in [-0.3, -0.25) is 19.5 Å². The maximum Gasteiger partial charge on any atom is 0.254 e. The summed E-state index contributed by atoms with van der Waals surface area (Å²) in [6.07, 6.45) is 4.54. The van der Waals surface area contributed by atoms with Crippen molar-refractivity contribution in [3.8, 4) is 5.75 Å². The van der Waals surface area contributed by atoms with E-state index in [9.17, 15) is 14.7 Å². The van der Waals surface area contributed by atoms with Crippen molar-refractivity contribution in [3.63, 3.8) is 0 Å². The molecule has 0 aromatic carbocycles. The third-order valence-electron chi connectivity index (χ3n) is 3.93. The van der Waals surface area contributed by atoms with E-state index in [4.69, 9.17) is 0 Å². The second-order valence-corrected chi connectivity index (χ2v) is 5.51. The fraction of sp³-hybridized carbons (Fsp3) is 0.312. The van der Waals surface area contributed by atoms with Crippen LogP contribution >= 0.6 is 0 Å². The first-order chi connectivity index (χ1) is 11.1. The maximum atomic E-state index is 12.4. The monoisotopic (exact) mass is 314 g/mol. The summed E-state index contributed by atoms with van der Waals surface area (Å²) in [7, 11) is 0. The highest BCUT2D eigenvalue weighted by molar-refractivity contribution is 5.94. The standard InChI is InChI=1S/C16H18N4O3/c21-14-9-13(18-10-15(14)22)11-19-5-7-20(8-6-19)16(23)12-1-3-17-4-2-12/h1-4,9-10,22H,5-8,11H2,(H,18,21). The molecule has 7 nitrogen and oxygen atoms in total. The lowest BCUT2D eigenvalue weighted by Gasteiger charge is -2.34. The van der Waals surface area contributed by atoms with Crippen molar-refractivity contribution in [2.75, 3.05) is 26.2 Å². The molecule has 3 heterocycles. The van der Waals surface area contributed by atoms with Crippen LogP contribution in [0.15, 0.2) is 41.6 Å². The SMILES string of the molecule is O=C(c1ccncc1)N1CCN(Cc2cc(=O)c(O)c[nH]2)CC1. The molecule has 1 fully saturated rings. The molecule has 0 aliphatic carbocycles. The number of carbonyl (C=O) groups is 1. The van der Waals surface area contributed by atoms with Crippen LogP contribution in [0, 0.1) is 0 Å². The number of hydrogen-bond donors (Lipinski definition) is 2. The van der Waals surface area contributed by atoms with E-state index in [-0.39, 0.29) is 17.1 Å². The Bertz CT molecular complexity index is 736. The van der Waals surface area contributed by atoms with E-state index in [2.05, 4.69) is 14.9 Å². The van der Waals surface area contributed by atoms with Gasteiger partial charge in [-0.15, -0.1) is 0 Å². The number of pyridine rings is 2. The molecule has 120 valence electrons. The fourth-order valence-electron chi connectivity index (χ4n) is 2.62. The number of aromatic amines is 1. The van der Waals surface area contributed by atoms with Crippen LogP contribution in [0.4, 0.5) is 0 Å². The molecule has 0 saturated carbocycles. The molecule has 1 aliphatic rings. The largest absolute Gasteiger partial charge is 0.503 e. The van der Waals surface area contributed by atoms with Crippen LogP contribution in [-0.4, -0.2) is 57.0 Å². The summed E-state index contributed by atoms with van der Waals surface area (Å²) in [4.78, 5) is 34.6. The molecular formula is C16H18N4O3. The number of nitrogens with zero attached hydrogens (tertiary/aromatic N) is 3. The van der Waals surface area contributed by atoms with Crippen LogP contribution in [0.2, 0.25) is 0 Å². The van der Waals surface area contributed by atoms with Gasteiger partial charge >= 0.3 is 0 Å². The lowest BCUT2D eigenvalue weighted by Crippen LogP contribution is -2.48. The van der Waals surface area contributed by atoms with Gasteiger partial charge in [0.15, 0.2) is 5.75 Å². The minimum Gasteiger partial charge on any atom is -0.503 e. The lowest BCUT2D eigenvalue weighted by molar-refractivity contribution is 0.0627. The Kier molecular flexibility index (Phi) is 4.38. The smallest absolute Gasteiger partial charge is 0.254 e. The lowest BCUT2D eigenvalue weighted by atomic mass is 10.2. The zero-order valence-corrected chi connectivity index (χ0v) is 12.6. The molecule has 2 aromatic heterocycles.